The van der Waals surface area contributed by atoms with Gasteiger partial charge in [0.05, 0.1) is 4.92 Å². The highest BCUT2D eigenvalue weighted by Gasteiger charge is 2.27. The number of hydrogen-bond acceptors (Lipinski definition) is 6. The van der Waals surface area contributed by atoms with Gasteiger partial charge in [0.15, 0.2) is 0 Å². The van der Waals surface area contributed by atoms with Crippen LogP contribution in [0.1, 0.15) is 33.6 Å². The summed E-state index contributed by atoms with van der Waals surface area (Å²) in [6.45, 7) is 3.83. The predicted octanol–water partition coefficient (Wildman–Crippen LogP) is 0.891. The molecule has 1 N–H and O–H groups in total. The number of ether oxygens (including phenoxy) is 1. The molecule has 0 saturated carbocycles. The van der Waals surface area contributed by atoms with E-state index in [0.717, 1.165) is 13.1 Å². The van der Waals surface area contributed by atoms with Crippen LogP contribution in [0.2, 0.25) is 0 Å². The first-order valence-electron chi connectivity index (χ1n) is 9.10. The van der Waals surface area contributed by atoms with Crippen molar-refractivity contribution in [1.82, 2.24) is 15.1 Å². The molecule has 2 aliphatic heterocycles. The summed E-state index contributed by atoms with van der Waals surface area (Å²) in [5, 5.41) is 14.2. The summed E-state index contributed by atoms with van der Waals surface area (Å²) < 4.78 is 5.26. The number of rotatable bonds is 4. The third kappa shape index (κ3) is 4.61. The van der Waals surface area contributed by atoms with Gasteiger partial charge >= 0.3 is 0 Å². The number of nitro benzene ring substituents is 1. The first-order valence-corrected chi connectivity index (χ1v) is 9.10. The Morgan fingerprint density at radius 2 is 1.85 bits per heavy atom. The van der Waals surface area contributed by atoms with Gasteiger partial charge in [-0.25, -0.2) is 0 Å². The van der Waals surface area contributed by atoms with Gasteiger partial charge in [-0.2, -0.15) is 0 Å². The number of piperazine rings is 1. The van der Waals surface area contributed by atoms with Gasteiger partial charge in [-0.05, 0) is 32.0 Å². The van der Waals surface area contributed by atoms with Crippen molar-refractivity contribution >= 4 is 17.5 Å². The molecule has 0 radical (unpaired) electrons. The Hall–Kier alpha value is -2.52. The van der Waals surface area contributed by atoms with Crippen molar-refractivity contribution in [3.8, 4) is 0 Å². The van der Waals surface area contributed by atoms with Crippen LogP contribution in [0.5, 0.6) is 0 Å². The number of hydrogen-bond donors (Lipinski definition) is 1. The van der Waals surface area contributed by atoms with Crippen molar-refractivity contribution < 1.29 is 19.2 Å². The fraction of sp³-hybridized carbons (Fsp3) is 0.556. The molecular formula is C18H24N4O5. The summed E-state index contributed by atoms with van der Waals surface area (Å²) in [4.78, 5) is 40.0. The van der Waals surface area contributed by atoms with E-state index in [0.29, 0.717) is 44.7 Å². The van der Waals surface area contributed by atoms with E-state index in [9.17, 15) is 19.7 Å². The standard InChI is InChI=1S/C18H24N4O5/c1-20-6-8-21(9-7-20)18(24)13-2-3-16(22(25)26)15(12-13)17(23)19-14-4-10-27-11-5-14/h2-3,12,14H,4-11H2,1H3,(H,19,23). The van der Waals surface area contributed by atoms with Crippen LogP contribution in [-0.4, -0.2) is 79.0 Å². The summed E-state index contributed by atoms with van der Waals surface area (Å²) in [5.74, 6) is -0.736. The molecule has 1 aromatic rings. The smallest absolute Gasteiger partial charge is 0.282 e. The number of nitrogens with zero attached hydrogens (tertiary/aromatic N) is 3. The van der Waals surface area contributed by atoms with E-state index in [4.69, 9.17) is 4.74 Å². The third-order valence-corrected chi connectivity index (χ3v) is 5.03. The molecule has 146 valence electrons. The molecule has 2 heterocycles. The number of amides is 2. The lowest BCUT2D eigenvalue weighted by Gasteiger charge is -2.32. The second-order valence-electron chi connectivity index (χ2n) is 6.94. The molecule has 2 amide bonds. The van der Waals surface area contributed by atoms with Crippen molar-refractivity contribution in [2.24, 2.45) is 0 Å². The van der Waals surface area contributed by atoms with Crippen LogP contribution in [-0.2, 0) is 4.74 Å². The Kier molecular flexibility index (Phi) is 6.02. The molecule has 3 rings (SSSR count). The summed E-state index contributed by atoms with van der Waals surface area (Å²) in [6, 6.07) is 3.92. The zero-order chi connectivity index (χ0) is 19.4. The average molecular weight is 376 g/mol. The minimum Gasteiger partial charge on any atom is -0.381 e. The quantitative estimate of drug-likeness (QED) is 0.618. The highest BCUT2D eigenvalue weighted by molar-refractivity contribution is 6.02. The molecular weight excluding hydrogens is 352 g/mol. The van der Waals surface area contributed by atoms with Gasteiger partial charge in [0.25, 0.3) is 17.5 Å². The molecule has 27 heavy (non-hydrogen) atoms. The zero-order valence-corrected chi connectivity index (χ0v) is 15.3. The lowest BCUT2D eigenvalue weighted by atomic mass is 10.0. The molecule has 0 unspecified atom stereocenters. The largest absolute Gasteiger partial charge is 0.381 e. The third-order valence-electron chi connectivity index (χ3n) is 5.03. The van der Waals surface area contributed by atoms with Gasteiger partial charge in [0.2, 0.25) is 0 Å². The number of carbonyl (C=O) groups excluding carboxylic acids is 2. The summed E-state index contributed by atoms with van der Waals surface area (Å²) >= 11 is 0. The fourth-order valence-corrected chi connectivity index (χ4v) is 3.31. The zero-order valence-electron chi connectivity index (χ0n) is 15.3. The maximum absolute atomic E-state index is 12.7. The molecule has 9 nitrogen and oxygen atoms in total. The highest BCUT2D eigenvalue weighted by atomic mass is 16.6. The Bertz CT molecular complexity index is 724. The van der Waals surface area contributed by atoms with E-state index in [1.165, 1.54) is 18.2 Å². The maximum atomic E-state index is 12.7. The van der Waals surface area contributed by atoms with Gasteiger partial charge in [0, 0.05) is 57.1 Å². The minimum absolute atomic E-state index is 0.0773. The van der Waals surface area contributed by atoms with Crippen LogP contribution in [0.15, 0.2) is 18.2 Å². The Balaban J connectivity index is 1.80. The number of carbonyl (C=O) groups is 2. The normalized spacial score (nSPS) is 18.9. The predicted molar refractivity (Wildman–Crippen MR) is 97.8 cm³/mol. The van der Waals surface area contributed by atoms with E-state index >= 15 is 0 Å². The van der Waals surface area contributed by atoms with Crippen LogP contribution < -0.4 is 5.32 Å². The van der Waals surface area contributed by atoms with Gasteiger partial charge in [-0.15, -0.1) is 0 Å². The van der Waals surface area contributed by atoms with Crippen molar-refractivity contribution in [2.75, 3.05) is 46.4 Å². The second kappa shape index (κ2) is 8.45. The first-order chi connectivity index (χ1) is 13.0. The molecule has 2 aliphatic rings. The fourth-order valence-electron chi connectivity index (χ4n) is 3.31. The molecule has 1 aromatic carbocycles. The van der Waals surface area contributed by atoms with Crippen LogP contribution in [0.4, 0.5) is 5.69 Å². The summed E-state index contributed by atoms with van der Waals surface area (Å²) in [6.07, 6.45) is 1.33. The van der Waals surface area contributed by atoms with Crippen molar-refractivity contribution in [2.45, 2.75) is 18.9 Å². The average Bonchev–Trinajstić information content (AvgIpc) is 2.68. The van der Waals surface area contributed by atoms with E-state index < -0.39 is 10.8 Å². The Labute approximate surface area is 157 Å². The topological polar surface area (TPSA) is 105 Å². The number of nitrogens with one attached hydrogen (secondary N) is 1. The SMILES string of the molecule is CN1CCN(C(=O)c2ccc([N+](=O)[O-])c(C(=O)NC3CCOCC3)c2)CC1. The van der Waals surface area contributed by atoms with Gasteiger partial charge < -0.3 is 19.9 Å². The number of benzene rings is 1. The van der Waals surface area contributed by atoms with Crippen molar-refractivity contribution in [1.29, 1.82) is 0 Å². The van der Waals surface area contributed by atoms with Crippen LogP contribution in [0, 0.1) is 10.1 Å². The highest BCUT2D eigenvalue weighted by Crippen LogP contribution is 2.22. The van der Waals surface area contributed by atoms with Crippen molar-refractivity contribution in [3.63, 3.8) is 0 Å². The second-order valence-corrected chi connectivity index (χ2v) is 6.94. The minimum atomic E-state index is -0.594. The van der Waals surface area contributed by atoms with E-state index in [1.54, 1.807) is 4.90 Å². The van der Waals surface area contributed by atoms with Gasteiger partial charge in [-0.3, -0.25) is 19.7 Å². The molecule has 0 spiro atoms. The summed E-state index contributed by atoms with van der Waals surface area (Å²) in [5.41, 5.74) is -0.0803. The number of nitro groups is 1. The maximum Gasteiger partial charge on any atom is 0.282 e. The Morgan fingerprint density at radius 1 is 1.19 bits per heavy atom. The number of likely N-dealkylation sites (N-methyl/N-ethyl adjacent to an activating group) is 1. The first kappa shape index (κ1) is 19.2. The van der Waals surface area contributed by atoms with Gasteiger partial charge in [-0.1, -0.05) is 0 Å². The summed E-state index contributed by atoms with van der Waals surface area (Å²) in [7, 11) is 1.99. The van der Waals surface area contributed by atoms with E-state index in [2.05, 4.69) is 10.2 Å². The lowest BCUT2D eigenvalue weighted by molar-refractivity contribution is -0.385. The lowest BCUT2D eigenvalue weighted by Crippen LogP contribution is -2.47. The Morgan fingerprint density at radius 3 is 2.48 bits per heavy atom. The molecule has 0 atom stereocenters. The van der Waals surface area contributed by atoms with Crippen LogP contribution >= 0.6 is 0 Å². The van der Waals surface area contributed by atoms with Crippen LogP contribution in [0.25, 0.3) is 0 Å². The molecule has 9 heteroatoms. The molecule has 2 fully saturated rings. The van der Waals surface area contributed by atoms with E-state index in [-0.39, 0.29) is 23.2 Å². The van der Waals surface area contributed by atoms with Crippen LogP contribution in [0.3, 0.4) is 0 Å². The van der Waals surface area contributed by atoms with Gasteiger partial charge in [0.1, 0.15) is 5.56 Å². The van der Waals surface area contributed by atoms with E-state index in [1.807, 2.05) is 7.05 Å². The monoisotopic (exact) mass is 376 g/mol. The van der Waals surface area contributed by atoms with Crippen molar-refractivity contribution in [3.05, 3.63) is 39.4 Å². The molecule has 0 aromatic heterocycles. The molecule has 0 bridgehead atoms. The molecule has 0 aliphatic carbocycles. The molecule has 2 saturated heterocycles.